The largest absolute Gasteiger partial charge is 0.354 e. The summed E-state index contributed by atoms with van der Waals surface area (Å²) in [6.07, 6.45) is 0.652. The molecule has 0 saturated heterocycles. The van der Waals surface area contributed by atoms with E-state index < -0.39 is 0 Å². The van der Waals surface area contributed by atoms with Gasteiger partial charge in [0.05, 0.1) is 5.52 Å². The van der Waals surface area contributed by atoms with E-state index in [4.69, 9.17) is 11.6 Å². The molecular weight excluding hydrogens is 346 g/mol. The quantitative estimate of drug-likeness (QED) is 0.404. The number of hydrogen-bond acceptors (Lipinski definition) is 2. The number of carbonyl (C=O) groups is 1. The van der Waals surface area contributed by atoms with Crippen LogP contribution in [0.4, 0.5) is 0 Å². The predicted octanol–water partition coefficient (Wildman–Crippen LogP) is 4.78. The van der Waals surface area contributed by atoms with Crippen molar-refractivity contribution in [1.29, 1.82) is 0 Å². The Morgan fingerprint density at radius 1 is 0.846 bits per heavy atom. The van der Waals surface area contributed by atoms with Crippen LogP contribution >= 0.6 is 11.6 Å². The zero-order chi connectivity index (χ0) is 18.0. The van der Waals surface area contributed by atoms with Gasteiger partial charge in [-0.2, -0.15) is 0 Å². The number of pyridine rings is 1. The number of nitrogens with one attached hydrogen (secondary N) is 1. The third-order valence-corrected chi connectivity index (χ3v) is 5.35. The molecule has 1 heterocycles. The fourth-order valence-corrected chi connectivity index (χ4v) is 3.98. The van der Waals surface area contributed by atoms with Crippen molar-refractivity contribution in [2.24, 2.45) is 0 Å². The number of aromatic nitrogens is 1. The first-order chi connectivity index (χ1) is 12.5. The second-order valence-corrected chi connectivity index (χ2v) is 7.30. The summed E-state index contributed by atoms with van der Waals surface area (Å²) < 4.78 is 0. The van der Waals surface area contributed by atoms with E-state index in [2.05, 4.69) is 4.98 Å². The highest BCUT2D eigenvalue weighted by molar-refractivity contribution is 6.31. The van der Waals surface area contributed by atoms with Gasteiger partial charge in [-0.25, -0.2) is 0 Å². The van der Waals surface area contributed by atoms with E-state index in [0.717, 1.165) is 22.3 Å². The third kappa shape index (κ3) is 2.14. The summed E-state index contributed by atoms with van der Waals surface area (Å²) in [5.74, 6) is 0.0175. The molecule has 0 amide bonds. The van der Waals surface area contributed by atoms with E-state index in [-0.39, 0.29) is 11.2 Å². The Morgan fingerprint density at radius 3 is 2.46 bits per heavy atom. The number of hydrogen-bond donors (Lipinski definition) is 1. The van der Waals surface area contributed by atoms with Crippen LogP contribution in [-0.2, 0) is 6.42 Å². The highest BCUT2D eigenvalue weighted by atomic mass is 35.5. The van der Waals surface area contributed by atoms with Crippen LogP contribution in [0.25, 0.3) is 21.8 Å². The molecule has 1 aromatic heterocycles. The van der Waals surface area contributed by atoms with Gasteiger partial charge in [-0.1, -0.05) is 29.3 Å². The number of aromatic amines is 1. The van der Waals surface area contributed by atoms with Gasteiger partial charge in [-0.3, -0.25) is 9.59 Å². The lowest BCUT2D eigenvalue weighted by molar-refractivity contribution is 0.103. The van der Waals surface area contributed by atoms with Crippen molar-refractivity contribution in [3.05, 3.63) is 91.6 Å². The molecule has 3 aromatic carbocycles. The number of H-pyrrole nitrogens is 1. The maximum Gasteiger partial charge on any atom is 0.197 e. The summed E-state index contributed by atoms with van der Waals surface area (Å²) in [4.78, 5) is 29.2. The molecule has 0 spiro atoms. The van der Waals surface area contributed by atoms with Gasteiger partial charge in [0.1, 0.15) is 0 Å². The van der Waals surface area contributed by atoms with Crippen LogP contribution in [0.2, 0.25) is 5.02 Å². The lowest BCUT2D eigenvalue weighted by atomic mass is 9.83. The minimum Gasteiger partial charge on any atom is -0.354 e. The second-order valence-electron chi connectivity index (χ2n) is 6.87. The minimum absolute atomic E-state index is 0.0175. The Labute approximate surface area is 154 Å². The Hall–Kier alpha value is -2.91. The van der Waals surface area contributed by atoms with E-state index >= 15 is 0 Å². The normalized spacial score (nSPS) is 13.1. The van der Waals surface area contributed by atoms with Crippen molar-refractivity contribution in [2.45, 2.75) is 13.3 Å². The Kier molecular flexibility index (Phi) is 3.12. The molecule has 1 aliphatic rings. The van der Waals surface area contributed by atoms with Crippen molar-refractivity contribution >= 4 is 39.2 Å². The molecule has 126 valence electrons. The molecule has 4 heteroatoms. The van der Waals surface area contributed by atoms with Crippen molar-refractivity contribution in [3.8, 4) is 0 Å². The zero-order valence-electron chi connectivity index (χ0n) is 14.0. The first-order valence-electron chi connectivity index (χ1n) is 8.44. The fourth-order valence-electron chi connectivity index (χ4n) is 3.80. The second kappa shape index (κ2) is 5.29. The topological polar surface area (TPSA) is 49.9 Å². The van der Waals surface area contributed by atoms with Crippen molar-refractivity contribution in [3.63, 3.8) is 0 Å². The maximum atomic E-state index is 13.0. The highest BCUT2D eigenvalue weighted by Gasteiger charge is 2.24. The van der Waals surface area contributed by atoms with Gasteiger partial charge in [-0.05, 0) is 60.9 Å². The van der Waals surface area contributed by atoms with Gasteiger partial charge in [0.2, 0.25) is 0 Å². The van der Waals surface area contributed by atoms with E-state index in [1.54, 1.807) is 18.2 Å². The number of halogens is 1. The first-order valence-corrected chi connectivity index (χ1v) is 8.81. The van der Waals surface area contributed by atoms with Crippen LogP contribution in [-0.4, -0.2) is 10.8 Å². The molecule has 26 heavy (non-hydrogen) atoms. The molecule has 0 atom stereocenters. The van der Waals surface area contributed by atoms with Crippen molar-refractivity contribution in [2.75, 3.05) is 0 Å². The van der Waals surface area contributed by atoms with E-state index in [1.807, 2.05) is 37.3 Å². The monoisotopic (exact) mass is 359 g/mol. The average molecular weight is 360 g/mol. The lowest BCUT2D eigenvalue weighted by Crippen LogP contribution is -2.16. The molecule has 0 saturated carbocycles. The van der Waals surface area contributed by atoms with Gasteiger partial charge in [0, 0.05) is 32.4 Å². The summed E-state index contributed by atoms with van der Waals surface area (Å²) in [5, 5.41) is 1.67. The SMILES string of the molecule is Cc1ccc2c(c1)C(=O)c1cc3[nH]c4ccc(Cl)cc4c(=O)c3cc1C2. The van der Waals surface area contributed by atoms with Crippen LogP contribution < -0.4 is 5.43 Å². The molecular formula is C22H14ClNO2. The summed E-state index contributed by atoms with van der Waals surface area (Å²) in [6, 6.07) is 14.8. The molecule has 0 aliphatic heterocycles. The molecule has 3 nitrogen and oxygen atoms in total. The van der Waals surface area contributed by atoms with Gasteiger partial charge in [0.15, 0.2) is 11.2 Å². The molecule has 0 fully saturated rings. The summed E-state index contributed by atoms with van der Waals surface area (Å²) in [6.45, 7) is 1.98. The Morgan fingerprint density at radius 2 is 1.62 bits per heavy atom. The van der Waals surface area contributed by atoms with Crippen LogP contribution in [0.15, 0.2) is 53.3 Å². The van der Waals surface area contributed by atoms with Crippen LogP contribution in [0.5, 0.6) is 0 Å². The molecule has 5 rings (SSSR count). The zero-order valence-corrected chi connectivity index (χ0v) is 14.8. The van der Waals surface area contributed by atoms with Gasteiger partial charge < -0.3 is 4.98 Å². The van der Waals surface area contributed by atoms with Crippen LogP contribution in [0, 0.1) is 6.92 Å². The fraction of sp³-hybridized carbons (Fsp3) is 0.0909. The smallest absolute Gasteiger partial charge is 0.197 e. The molecule has 0 bridgehead atoms. The van der Waals surface area contributed by atoms with E-state index in [1.165, 1.54) is 0 Å². The molecule has 0 unspecified atom stereocenters. The van der Waals surface area contributed by atoms with Crippen molar-refractivity contribution in [1.82, 2.24) is 4.98 Å². The van der Waals surface area contributed by atoms with Crippen molar-refractivity contribution < 1.29 is 4.79 Å². The number of benzene rings is 3. The summed E-state index contributed by atoms with van der Waals surface area (Å²) in [7, 11) is 0. The number of fused-ring (bicyclic) bond motifs is 4. The van der Waals surface area contributed by atoms with E-state index in [0.29, 0.717) is 38.8 Å². The standard InChI is InChI=1S/C22H14ClNO2/c1-11-2-3-12-7-13-8-17-20(10-16(13)21(25)15(12)6-11)24-19-5-4-14(23)9-18(19)22(17)26/h2-6,8-10H,7H2,1H3,(H,24,26). The third-order valence-electron chi connectivity index (χ3n) is 5.12. The van der Waals surface area contributed by atoms with E-state index in [9.17, 15) is 9.59 Å². The van der Waals surface area contributed by atoms with Gasteiger partial charge in [0.25, 0.3) is 0 Å². The highest BCUT2D eigenvalue weighted by Crippen LogP contribution is 2.30. The Balaban J connectivity index is 1.82. The molecule has 0 radical (unpaired) electrons. The lowest BCUT2D eigenvalue weighted by Gasteiger charge is -2.19. The molecule has 4 aromatic rings. The predicted molar refractivity (Wildman–Crippen MR) is 105 cm³/mol. The first kappa shape index (κ1) is 15.4. The number of ketones is 1. The van der Waals surface area contributed by atoms with Gasteiger partial charge in [-0.15, -0.1) is 0 Å². The number of rotatable bonds is 0. The van der Waals surface area contributed by atoms with Crippen LogP contribution in [0.3, 0.4) is 0 Å². The maximum absolute atomic E-state index is 13.0. The molecule has 1 aliphatic carbocycles. The minimum atomic E-state index is -0.0683. The summed E-state index contributed by atoms with van der Waals surface area (Å²) >= 11 is 6.05. The number of aryl methyl sites for hydroxylation is 1. The van der Waals surface area contributed by atoms with Crippen LogP contribution in [0.1, 0.15) is 32.6 Å². The van der Waals surface area contributed by atoms with Gasteiger partial charge >= 0.3 is 0 Å². The Bertz CT molecular complexity index is 1320. The summed E-state index contributed by atoms with van der Waals surface area (Å²) in [5.41, 5.74) is 5.71. The number of carbonyl (C=O) groups excluding carboxylic acids is 1. The molecule has 1 N–H and O–H groups in total. The average Bonchev–Trinajstić information content (AvgIpc) is 2.63.